The first-order chi connectivity index (χ1) is 6.88. The Morgan fingerprint density at radius 2 is 2.43 bits per heavy atom. The maximum atomic E-state index is 5.40. The summed E-state index contributed by atoms with van der Waals surface area (Å²) in [5.74, 6) is 0.912. The molecule has 3 heteroatoms. The van der Waals surface area contributed by atoms with Gasteiger partial charge >= 0.3 is 0 Å². The average molecular weight is 192 g/mol. The van der Waals surface area contributed by atoms with Crippen molar-refractivity contribution >= 4 is 0 Å². The number of nitrogens with one attached hydrogen (secondary N) is 1. The molecule has 1 N–H and O–H groups in total. The standard InChI is InChI=1S/C11H16N2O/c1-2-14-11-5-6-12-10(7-11)8-13-9-3-4-9/h5-7,9,13H,2-4,8H2,1H3. The van der Waals surface area contributed by atoms with Gasteiger partial charge in [0.1, 0.15) is 5.75 Å². The Morgan fingerprint density at radius 3 is 3.14 bits per heavy atom. The smallest absolute Gasteiger partial charge is 0.122 e. The number of nitrogens with zero attached hydrogens (tertiary/aromatic N) is 1. The van der Waals surface area contributed by atoms with Crippen LogP contribution in [0.4, 0.5) is 0 Å². The van der Waals surface area contributed by atoms with Crippen LogP contribution in [-0.2, 0) is 6.54 Å². The highest BCUT2D eigenvalue weighted by Crippen LogP contribution is 2.19. The largest absolute Gasteiger partial charge is 0.494 e. The van der Waals surface area contributed by atoms with E-state index in [4.69, 9.17) is 4.74 Å². The molecule has 14 heavy (non-hydrogen) atoms. The van der Waals surface area contributed by atoms with Crippen molar-refractivity contribution in [2.45, 2.75) is 32.4 Å². The molecule has 0 aromatic carbocycles. The van der Waals surface area contributed by atoms with Crippen molar-refractivity contribution in [3.05, 3.63) is 24.0 Å². The molecule has 0 bridgehead atoms. The molecule has 1 aromatic rings. The molecule has 1 aliphatic carbocycles. The van der Waals surface area contributed by atoms with Gasteiger partial charge in [0.15, 0.2) is 0 Å². The minimum Gasteiger partial charge on any atom is -0.494 e. The summed E-state index contributed by atoms with van der Waals surface area (Å²) in [6.07, 6.45) is 4.42. The zero-order valence-corrected chi connectivity index (χ0v) is 8.49. The van der Waals surface area contributed by atoms with Crippen molar-refractivity contribution in [1.29, 1.82) is 0 Å². The van der Waals surface area contributed by atoms with Gasteiger partial charge in [-0.3, -0.25) is 4.98 Å². The minimum absolute atomic E-state index is 0.708. The number of aromatic nitrogens is 1. The number of pyridine rings is 1. The second kappa shape index (κ2) is 4.42. The van der Waals surface area contributed by atoms with Crippen LogP contribution in [0.25, 0.3) is 0 Å². The van der Waals surface area contributed by atoms with Crippen LogP contribution in [0.15, 0.2) is 18.3 Å². The molecule has 1 fully saturated rings. The van der Waals surface area contributed by atoms with E-state index in [1.807, 2.05) is 19.1 Å². The second-order valence-corrected chi connectivity index (χ2v) is 3.57. The molecule has 1 aliphatic rings. The van der Waals surface area contributed by atoms with E-state index in [0.29, 0.717) is 6.61 Å². The van der Waals surface area contributed by atoms with Crippen LogP contribution in [0.5, 0.6) is 5.75 Å². The van der Waals surface area contributed by atoms with E-state index in [1.165, 1.54) is 12.8 Å². The minimum atomic E-state index is 0.708. The lowest BCUT2D eigenvalue weighted by Crippen LogP contribution is -2.16. The summed E-state index contributed by atoms with van der Waals surface area (Å²) in [5, 5.41) is 3.42. The molecule has 0 radical (unpaired) electrons. The fourth-order valence-electron chi connectivity index (χ4n) is 1.35. The van der Waals surface area contributed by atoms with Gasteiger partial charge in [-0.2, -0.15) is 0 Å². The molecule has 3 nitrogen and oxygen atoms in total. The molecule has 1 saturated carbocycles. The molecular formula is C11H16N2O. The molecule has 0 amide bonds. The average Bonchev–Trinajstić information content (AvgIpc) is 2.99. The first kappa shape index (κ1) is 9.46. The molecular weight excluding hydrogens is 176 g/mol. The summed E-state index contributed by atoms with van der Waals surface area (Å²) in [7, 11) is 0. The van der Waals surface area contributed by atoms with Crippen molar-refractivity contribution in [2.75, 3.05) is 6.61 Å². The number of rotatable bonds is 5. The van der Waals surface area contributed by atoms with E-state index in [-0.39, 0.29) is 0 Å². The topological polar surface area (TPSA) is 34.1 Å². The fourth-order valence-corrected chi connectivity index (χ4v) is 1.35. The van der Waals surface area contributed by atoms with E-state index in [1.54, 1.807) is 6.20 Å². The van der Waals surface area contributed by atoms with Crippen LogP contribution in [0.2, 0.25) is 0 Å². The van der Waals surface area contributed by atoms with Crippen LogP contribution in [0.1, 0.15) is 25.5 Å². The highest BCUT2D eigenvalue weighted by atomic mass is 16.5. The Balaban J connectivity index is 1.90. The lowest BCUT2D eigenvalue weighted by atomic mass is 10.3. The molecule has 1 heterocycles. The van der Waals surface area contributed by atoms with Crippen LogP contribution < -0.4 is 10.1 Å². The summed E-state index contributed by atoms with van der Waals surface area (Å²) in [6.45, 7) is 3.55. The fraction of sp³-hybridized carbons (Fsp3) is 0.545. The molecule has 1 aromatic heterocycles. The van der Waals surface area contributed by atoms with Gasteiger partial charge in [-0.1, -0.05) is 0 Å². The lowest BCUT2D eigenvalue weighted by Gasteiger charge is -2.05. The number of hydrogen-bond donors (Lipinski definition) is 1. The molecule has 0 unspecified atom stereocenters. The predicted molar refractivity (Wildman–Crippen MR) is 55.3 cm³/mol. The summed E-state index contributed by atoms with van der Waals surface area (Å²) >= 11 is 0. The zero-order chi connectivity index (χ0) is 9.80. The molecule has 0 saturated heterocycles. The summed E-state index contributed by atoms with van der Waals surface area (Å²) in [4.78, 5) is 4.28. The molecule has 0 spiro atoms. The van der Waals surface area contributed by atoms with E-state index in [0.717, 1.165) is 24.0 Å². The van der Waals surface area contributed by atoms with Gasteiger partial charge in [-0.15, -0.1) is 0 Å². The van der Waals surface area contributed by atoms with E-state index in [9.17, 15) is 0 Å². The molecule has 0 aliphatic heterocycles. The third-order valence-corrected chi connectivity index (χ3v) is 2.25. The number of hydrogen-bond acceptors (Lipinski definition) is 3. The van der Waals surface area contributed by atoms with E-state index in [2.05, 4.69) is 10.3 Å². The SMILES string of the molecule is CCOc1ccnc(CNC2CC2)c1. The Morgan fingerprint density at radius 1 is 1.57 bits per heavy atom. The van der Waals surface area contributed by atoms with Crippen LogP contribution >= 0.6 is 0 Å². The molecule has 76 valence electrons. The maximum Gasteiger partial charge on any atom is 0.122 e. The predicted octanol–water partition coefficient (Wildman–Crippen LogP) is 1.73. The third kappa shape index (κ3) is 2.70. The molecule has 0 atom stereocenters. The Kier molecular flexibility index (Phi) is 2.99. The first-order valence-electron chi connectivity index (χ1n) is 5.19. The van der Waals surface area contributed by atoms with Crippen molar-refractivity contribution in [3.63, 3.8) is 0 Å². The summed E-state index contributed by atoms with van der Waals surface area (Å²) in [5.41, 5.74) is 1.06. The van der Waals surface area contributed by atoms with Crippen molar-refractivity contribution in [1.82, 2.24) is 10.3 Å². The van der Waals surface area contributed by atoms with Gasteiger partial charge < -0.3 is 10.1 Å². The van der Waals surface area contributed by atoms with E-state index >= 15 is 0 Å². The van der Waals surface area contributed by atoms with Crippen molar-refractivity contribution in [2.24, 2.45) is 0 Å². The van der Waals surface area contributed by atoms with Crippen LogP contribution in [0, 0.1) is 0 Å². The summed E-state index contributed by atoms with van der Waals surface area (Å²) in [6, 6.07) is 4.62. The highest BCUT2D eigenvalue weighted by molar-refractivity contribution is 5.22. The normalized spacial score (nSPS) is 15.5. The Bertz CT molecular complexity index is 297. The van der Waals surface area contributed by atoms with Gasteiger partial charge in [0, 0.05) is 24.8 Å². The quantitative estimate of drug-likeness (QED) is 0.771. The summed E-state index contributed by atoms with van der Waals surface area (Å²) < 4.78 is 5.40. The third-order valence-electron chi connectivity index (χ3n) is 2.25. The Hall–Kier alpha value is -1.09. The van der Waals surface area contributed by atoms with Gasteiger partial charge in [-0.25, -0.2) is 0 Å². The van der Waals surface area contributed by atoms with Gasteiger partial charge in [0.2, 0.25) is 0 Å². The van der Waals surface area contributed by atoms with Crippen molar-refractivity contribution in [3.8, 4) is 5.75 Å². The monoisotopic (exact) mass is 192 g/mol. The van der Waals surface area contributed by atoms with Crippen LogP contribution in [0.3, 0.4) is 0 Å². The second-order valence-electron chi connectivity index (χ2n) is 3.57. The first-order valence-corrected chi connectivity index (χ1v) is 5.19. The van der Waals surface area contributed by atoms with Gasteiger partial charge in [-0.05, 0) is 25.8 Å². The van der Waals surface area contributed by atoms with Gasteiger partial charge in [0.25, 0.3) is 0 Å². The maximum absolute atomic E-state index is 5.40. The highest BCUT2D eigenvalue weighted by Gasteiger charge is 2.20. The zero-order valence-electron chi connectivity index (χ0n) is 8.49. The van der Waals surface area contributed by atoms with E-state index < -0.39 is 0 Å². The number of ether oxygens (including phenoxy) is 1. The van der Waals surface area contributed by atoms with Crippen LogP contribution in [-0.4, -0.2) is 17.6 Å². The molecule has 2 rings (SSSR count). The van der Waals surface area contributed by atoms with Gasteiger partial charge in [0.05, 0.1) is 12.3 Å². The lowest BCUT2D eigenvalue weighted by molar-refractivity contribution is 0.339. The Labute approximate surface area is 84.5 Å². The van der Waals surface area contributed by atoms with Crippen molar-refractivity contribution < 1.29 is 4.74 Å².